The van der Waals surface area contributed by atoms with Gasteiger partial charge in [0.2, 0.25) is 5.91 Å². The number of nitrogens with two attached hydrogens (primary N) is 1. The number of nitrogens with zero attached hydrogens (tertiary/aromatic N) is 2. The zero-order chi connectivity index (χ0) is 20.4. The number of hydrogen-bond acceptors (Lipinski definition) is 5. The molecule has 2 rings (SSSR count). The van der Waals surface area contributed by atoms with Crippen molar-refractivity contribution >= 4 is 47.2 Å². The van der Waals surface area contributed by atoms with Crippen LogP contribution in [0, 0.1) is 5.92 Å². The predicted molar refractivity (Wildman–Crippen MR) is 131 cm³/mol. The lowest BCUT2D eigenvalue weighted by Gasteiger charge is -2.30. The molecule has 0 bridgehead atoms. The van der Waals surface area contributed by atoms with Crippen molar-refractivity contribution in [3.05, 3.63) is 22.4 Å². The number of carbonyl (C=O) groups excluding carboxylic acids is 1. The summed E-state index contributed by atoms with van der Waals surface area (Å²) in [6.45, 7) is 8.74. The lowest BCUT2D eigenvalue weighted by Crippen LogP contribution is -2.40. The third-order valence-corrected chi connectivity index (χ3v) is 6.25. The molecule has 1 aliphatic rings. The van der Waals surface area contributed by atoms with E-state index in [4.69, 9.17) is 5.73 Å². The highest BCUT2D eigenvalue weighted by atomic mass is 127. The zero-order valence-electron chi connectivity index (χ0n) is 17.5. The molecule has 0 saturated carbocycles. The van der Waals surface area contributed by atoms with Crippen LogP contribution in [-0.4, -0.2) is 61.1 Å². The molecule has 0 radical (unpaired) electrons. The number of likely N-dealkylation sites (tertiary alicyclic amines) is 1. The second kappa shape index (κ2) is 13.4. The van der Waals surface area contributed by atoms with Gasteiger partial charge in [0, 0.05) is 23.9 Å². The number of aliphatic hydroxyl groups is 1. The van der Waals surface area contributed by atoms with Crippen molar-refractivity contribution < 1.29 is 9.90 Å². The number of thiophene rings is 1. The Morgan fingerprint density at radius 1 is 1.38 bits per heavy atom. The van der Waals surface area contributed by atoms with Gasteiger partial charge in [-0.2, -0.15) is 0 Å². The minimum atomic E-state index is -0.951. The molecule has 9 heteroatoms. The average Bonchev–Trinajstić information content (AvgIpc) is 3.22. The smallest absolute Gasteiger partial charge is 0.220 e. The molecule has 0 spiro atoms. The lowest BCUT2D eigenvalue weighted by atomic mass is 9.96. The summed E-state index contributed by atoms with van der Waals surface area (Å²) in [7, 11) is 0. The van der Waals surface area contributed by atoms with Crippen LogP contribution in [0.1, 0.15) is 44.4 Å². The molecule has 5 N–H and O–H groups in total. The minimum Gasteiger partial charge on any atom is -0.383 e. The Morgan fingerprint density at radius 3 is 2.69 bits per heavy atom. The summed E-state index contributed by atoms with van der Waals surface area (Å²) < 4.78 is 0. The monoisotopic (exact) mass is 537 g/mol. The molecule has 1 atom stereocenters. The second-order valence-electron chi connectivity index (χ2n) is 7.60. The number of halogens is 1. The summed E-state index contributed by atoms with van der Waals surface area (Å²) in [6.07, 6.45) is 3.91. The van der Waals surface area contributed by atoms with Crippen LogP contribution < -0.4 is 16.4 Å². The standard InChI is InChI=1S/C20H35N5O2S.HI/c1-3-22-19(24-15-20(2,27)17-7-6-14-28-17)23-10-4-5-11-25-12-8-16(9-13-25)18(21)26;/h6-7,14,16,27H,3-5,8-13,15H2,1-2H3,(H2,21,26)(H2,22,23,24);1H. The van der Waals surface area contributed by atoms with E-state index in [0.717, 1.165) is 69.2 Å². The van der Waals surface area contributed by atoms with Crippen LogP contribution in [0.2, 0.25) is 0 Å². The van der Waals surface area contributed by atoms with Gasteiger partial charge in [-0.3, -0.25) is 4.79 Å². The van der Waals surface area contributed by atoms with Crippen molar-refractivity contribution in [1.29, 1.82) is 0 Å². The molecule has 166 valence electrons. The van der Waals surface area contributed by atoms with Crippen LogP contribution >= 0.6 is 35.3 Å². The predicted octanol–water partition coefficient (Wildman–Crippen LogP) is 2.11. The molecule has 7 nitrogen and oxygen atoms in total. The highest BCUT2D eigenvalue weighted by Crippen LogP contribution is 2.25. The van der Waals surface area contributed by atoms with Crippen LogP contribution in [-0.2, 0) is 10.4 Å². The van der Waals surface area contributed by atoms with Gasteiger partial charge in [-0.15, -0.1) is 35.3 Å². The van der Waals surface area contributed by atoms with E-state index in [2.05, 4.69) is 20.5 Å². The van der Waals surface area contributed by atoms with Crippen molar-refractivity contribution in [3.63, 3.8) is 0 Å². The highest BCUT2D eigenvalue weighted by Gasteiger charge is 2.24. The van der Waals surface area contributed by atoms with Crippen molar-refractivity contribution in [2.24, 2.45) is 16.6 Å². The van der Waals surface area contributed by atoms with Crippen LogP contribution in [0.25, 0.3) is 0 Å². The molecule has 29 heavy (non-hydrogen) atoms. The summed E-state index contributed by atoms with van der Waals surface area (Å²) in [4.78, 5) is 19.1. The van der Waals surface area contributed by atoms with Crippen LogP contribution in [0.4, 0.5) is 0 Å². The van der Waals surface area contributed by atoms with Crippen molar-refractivity contribution in [3.8, 4) is 0 Å². The van der Waals surface area contributed by atoms with Gasteiger partial charge in [-0.1, -0.05) is 6.07 Å². The maximum Gasteiger partial charge on any atom is 0.220 e. The highest BCUT2D eigenvalue weighted by molar-refractivity contribution is 14.0. The first-order valence-electron chi connectivity index (χ1n) is 10.2. The van der Waals surface area contributed by atoms with Crippen molar-refractivity contribution in [1.82, 2.24) is 15.5 Å². The van der Waals surface area contributed by atoms with E-state index in [0.29, 0.717) is 6.54 Å². The van der Waals surface area contributed by atoms with Gasteiger partial charge in [0.25, 0.3) is 0 Å². The van der Waals surface area contributed by atoms with Gasteiger partial charge in [0.1, 0.15) is 5.60 Å². The summed E-state index contributed by atoms with van der Waals surface area (Å²) in [5.74, 6) is 0.641. The third kappa shape index (κ3) is 9.18. The van der Waals surface area contributed by atoms with Gasteiger partial charge >= 0.3 is 0 Å². The molecule has 1 fully saturated rings. The van der Waals surface area contributed by atoms with E-state index in [9.17, 15) is 9.90 Å². The van der Waals surface area contributed by atoms with E-state index in [1.54, 1.807) is 18.3 Å². The molecule has 2 heterocycles. The first kappa shape index (κ1) is 26.1. The number of guanidine groups is 1. The Hall–Kier alpha value is -0.910. The fraction of sp³-hybridized carbons (Fsp3) is 0.700. The minimum absolute atomic E-state index is 0. The van der Waals surface area contributed by atoms with Gasteiger partial charge < -0.3 is 26.4 Å². The number of aliphatic imine (C=N–C) groups is 1. The Morgan fingerprint density at radius 2 is 2.10 bits per heavy atom. The van der Waals surface area contributed by atoms with Gasteiger partial charge in [-0.05, 0) is 70.6 Å². The fourth-order valence-electron chi connectivity index (χ4n) is 3.35. The normalized spacial score (nSPS) is 18.0. The lowest BCUT2D eigenvalue weighted by molar-refractivity contribution is -0.123. The molecule has 0 aromatic carbocycles. The fourth-order valence-corrected chi connectivity index (χ4v) is 4.13. The van der Waals surface area contributed by atoms with E-state index < -0.39 is 5.60 Å². The van der Waals surface area contributed by atoms with Crippen molar-refractivity contribution in [2.45, 2.75) is 45.1 Å². The third-order valence-electron chi connectivity index (χ3n) is 5.12. The summed E-state index contributed by atoms with van der Waals surface area (Å²) in [5, 5.41) is 19.2. The maximum absolute atomic E-state index is 11.2. The summed E-state index contributed by atoms with van der Waals surface area (Å²) in [5.41, 5.74) is 4.44. The van der Waals surface area contributed by atoms with E-state index in [1.165, 1.54) is 0 Å². The molecule has 1 unspecified atom stereocenters. The van der Waals surface area contributed by atoms with Crippen LogP contribution in [0.5, 0.6) is 0 Å². The zero-order valence-corrected chi connectivity index (χ0v) is 20.7. The van der Waals surface area contributed by atoms with E-state index in [1.807, 2.05) is 24.4 Å². The number of amides is 1. The van der Waals surface area contributed by atoms with Gasteiger partial charge in [0.05, 0.1) is 6.54 Å². The van der Waals surface area contributed by atoms with Gasteiger partial charge in [-0.25, -0.2) is 4.99 Å². The molecule has 1 saturated heterocycles. The van der Waals surface area contributed by atoms with Crippen LogP contribution in [0.3, 0.4) is 0 Å². The number of primary amides is 1. The maximum atomic E-state index is 11.2. The Kier molecular flexibility index (Phi) is 12.1. The number of carbonyl (C=O) groups is 1. The van der Waals surface area contributed by atoms with E-state index in [-0.39, 0.29) is 35.8 Å². The number of nitrogens with one attached hydrogen (secondary N) is 2. The molecule has 1 aromatic heterocycles. The topological polar surface area (TPSA) is 103 Å². The van der Waals surface area contributed by atoms with Gasteiger partial charge in [0.15, 0.2) is 5.96 Å². The first-order valence-corrected chi connectivity index (χ1v) is 11.1. The van der Waals surface area contributed by atoms with E-state index >= 15 is 0 Å². The molecule has 1 amide bonds. The molecular weight excluding hydrogens is 501 g/mol. The quantitative estimate of drug-likeness (QED) is 0.159. The molecule has 1 aliphatic heterocycles. The Bertz CT molecular complexity index is 616. The summed E-state index contributed by atoms with van der Waals surface area (Å²) >= 11 is 1.54. The summed E-state index contributed by atoms with van der Waals surface area (Å²) in [6, 6.07) is 3.88. The second-order valence-corrected chi connectivity index (χ2v) is 8.55. The number of hydrogen-bond donors (Lipinski definition) is 4. The Labute approximate surface area is 195 Å². The SMILES string of the molecule is CCNC(=NCC(C)(O)c1cccs1)NCCCCN1CCC(C(N)=O)CC1.I. The van der Waals surface area contributed by atoms with Crippen LogP contribution in [0.15, 0.2) is 22.5 Å². The number of rotatable bonds is 10. The molecule has 0 aliphatic carbocycles. The molecule has 1 aromatic rings. The first-order chi connectivity index (χ1) is 13.4. The molecular formula is C20H36IN5O2S. The average molecular weight is 538 g/mol. The largest absolute Gasteiger partial charge is 0.383 e. The van der Waals surface area contributed by atoms with Crippen molar-refractivity contribution in [2.75, 3.05) is 39.3 Å². The Balaban J connectivity index is 0.00000420. The number of unbranched alkanes of at least 4 members (excludes halogenated alkanes) is 1. The number of piperidine rings is 1.